The van der Waals surface area contributed by atoms with E-state index in [-0.39, 0.29) is 0 Å². The normalized spacial score (nSPS) is 12.9. The van der Waals surface area contributed by atoms with Gasteiger partial charge in [-0.25, -0.2) is 0 Å². The Morgan fingerprint density at radius 1 is 1.06 bits per heavy atom. The van der Waals surface area contributed by atoms with Gasteiger partial charge in [-0.3, -0.25) is 4.57 Å². The third-order valence-corrected chi connectivity index (χ3v) is 3.81. The van der Waals surface area contributed by atoms with Gasteiger partial charge in [-0.05, 0) is 29.0 Å². The highest BCUT2D eigenvalue weighted by atomic mass is 32.1. The van der Waals surface area contributed by atoms with Crippen LogP contribution < -0.4 is 0 Å². The molecule has 0 heterocycles. The number of halogens is 2. The van der Waals surface area contributed by atoms with Crippen LogP contribution in [0.3, 0.4) is 0 Å². The predicted molar refractivity (Wildman–Crippen MR) is 67.1 cm³/mol. The van der Waals surface area contributed by atoms with E-state index in [0.29, 0.717) is 15.7 Å². The lowest BCUT2D eigenvalue weighted by molar-refractivity contribution is 0.0566. The lowest BCUT2D eigenvalue weighted by Gasteiger charge is -2.18. The molecule has 0 radical (unpaired) electrons. The van der Waals surface area contributed by atoms with Crippen molar-refractivity contribution in [2.45, 2.75) is 10.6 Å². The number of alkyl halides is 2. The number of benzene rings is 2. The first-order chi connectivity index (χ1) is 8.22. The summed E-state index contributed by atoms with van der Waals surface area (Å²) >= 11 is 4.08. The minimum absolute atomic E-state index is 0.452. The molecule has 0 fully saturated rings. The van der Waals surface area contributed by atoms with Gasteiger partial charge >= 0.3 is 13.3 Å². The van der Waals surface area contributed by atoms with Crippen LogP contribution in [0.25, 0.3) is 10.8 Å². The van der Waals surface area contributed by atoms with Gasteiger partial charge in [0.25, 0.3) is 0 Å². The molecule has 0 amide bonds. The lowest BCUT2D eigenvalue weighted by atomic mass is 10.1. The molecule has 0 unspecified atom stereocenters. The molecular formula is C11H9F2O3PS. The number of fused-ring (bicyclic) bond motifs is 1. The van der Waals surface area contributed by atoms with E-state index in [1.807, 2.05) is 0 Å². The van der Waals surface area contributed by atoms with Crippen LogP contribution in [0.5, 0.6) is 0 Å². The molecule has 0 atom stereocenters. The maximum absolute atomic E-state index is 13.5. The van der Waals surface area contributed by atoms with E-state index in [0.717, 1.165) is 12.1 Å². The van der Waals surface area contributed by atoms with E-state index in [1.165, 1.54) is 6.07 Å². The number of hydrogen-bond acceptors (Lipinski definition) is 2. The standard InChI is InChI=1S/C11H9F2O3PS/c12-11(13,17(14,15)16)9-3-1-7-2-4-10(18)6-8(7)5-9/h1-6,18H,(H2,14,15,16). The zero-order chi connectivity index (χ0) is 13.6. The summed E-state index contributed by atoms with van der Waals surface area (Å²) in [5.41, 5.74) is -4.89. The van der Waals surface area contributed by atoms with E-state index < -0.39 is 18.8 Å². The summed E-state index contributed by atoms with van der Waals surface area (Å²) in [4.78, 5) is 17.9. The molecule has 0 aliphatic heterocycles. The number of thiol groups is 1. The van der Waals surface area contributed by atoms with Crippen LogP contribution in [-0.2, 0) is 10.2 Å². The summed E-state index contributed by atoms with van der Waals surface area (Å²) in [6, 6.07) is 8.41. The maximum atomic E-state index is 13.5. The summed E-state index contributed by atoms with van der Waals surface area (Å²) in [6.07, 6.45) is 0. The topological polar surface area (TPSA) is 57.5 Å². The van der Waals surface area contributed by atoms with Gasteiger partial charge in [-0.15, -0.1) is 12.6 Å². The van der Waals surface area contributed by atoms with Crippen molar-refractivity contribution in [1.29, 1.82) is 0 Å². The first-order valence-electron chi connectivity index (χ1n) is 4.88. The molecule has 0 aliphatic carbocycles. The number of hydrogen-bond donors (Lipinski definition) is 3. The van der Waals surface area contributed by atoms with Crippen molar-refractivity contribution in [3.8, 4) is 0 Å². The fraction of sp³-hybridized carbons (Fsp3) is 0.0909. The minimum Gasteiger partial charge on any atom is -0.320 e. The molecule has 0 aliphatic rings. The molecule has 2 aromatic rings. The van der Waals surface area contributed by atoms with Crippen molar-refractivity contribution in [3.63, 3.8) is 0 Å². The fourth-order valence-corrected chi connectivity index (χ4v) is 2.28. The van der Waals surface area contributed by atoms with E-state index in [2.05, 4.69) is 12.6 Å². The summed E-state index contributed by atoms with van der Waals surface area (Å²) in [7, 11) is -5.53. The smallest absolute Gasteiger partial charge is 0.320 e. The van der Waals surface area contributed by atoms with Gasteiger partial charge in [0.2, 0.25) is 0 Å². The van der Waals surface area contributed by atoms with E-state index in [1.54, 1.807) is 18.2 Å². The molecule has 2 N–H and O–H groups in total. The summed E-state index contributed by atoms with van der Waals surface area (Å²) in [6.45, 7) is 0. The van der Waals surface area contributed by atoms with Crippen LogP contribution in [0, 0.1) is 0 Å². The second-order valence-electron chi connectivity index (χ2n) is 3.83. The van der Waals surface area contributed by atoms with Crippen LogP contribution in [0.4, 0.5) is 8.78 Å². The summed E-state index contributed by atoms with van der Waals surface area (Å²) in [5.74, 6) is 0. The highest BCUT2D eigenvalue weighted by Crippen LogP contribution is 2.59. The van der Waals surface area contributed by atoms with Gasteiger partial charge in [-0.1, -0.05) is 18.2 Å². The molecule has 0 saturated carbocycles. The van der Waals surface area contributed by atoms with Crippen LogP contribution >= 0.6 is 20.2 Å². The Morgan fingerprint density at radius 2 is 1.67 bits per heavy atom. The SMILES string of the molecule is O=P(O)(O)C(F)(F)c1ccc2ccc(S)cc2c1. The molecule has 2 rings (SSSR count). The molecule has 2 aromatic carbocycles. The Kier molecular flexibility index (Phi) is 3.23. The van der Waals surface area contributed by atoms with Crippen molar-refractivity contribution in [2.75, 3.05) is 0 Å². The molecule has 3 nitrogen and oxygen atoms in total. The molecule has 0 spiro atoms. The first-order valence-corrected chi connectivity index (χ1v) is 6.94. The van der Waals surface area contributed by atoms with Crippen molar-refractivity contribution < 1.29 is 23.1 Å². The maximum Gasteiger partial charge on any atom is 0.399 e. The first kappa shape index (κ1) is 13.5. The molecule has 0 saturated heterocycles. The van der Waals surface area contributed by atoms with Crippen molar-refractivity contribution >= 4 is 31.0 Å². The second kappa shape index (κ2) is 4.31. The highest BCUT2D eigenvalue weighted by Gasteiger charge is 2.50. The van der Waals surface area contributed by atoms with E-state index >= 15 is 0 Å². The van der Waals surface area contributed by atoms with Gasteiger partial charge in [0.1, 0.15) is 0 Å². The third-order valence-electron chi connectivity index (χ3n) is 2.54. The fourth-order valence-electron chi connectivity index (χ4n) is 1.59. The van der Waals surface area contributed by atoms with E-state index in [4.69, 9.17) is 9.79 Å². The molecule has 7 heteroatoms. The Balaban J connectivity index is 2.63. The van der Waals surface area contributed by atoms with Crippen LogP contribution in [0.15, 0.2) is 41.3 Å². The highest BCUT2D eigenvalue weighted by molar-refractivity contribution is 7.80. The van der Waals surface area contributed by atoms with Crippen molar-refractivity contribution in [2.24, 2.45) is 0 Å². The van der Waals surface area contributed by atoms with Gasteiger partial charge in [0, 0.05) is 10.5 Å². The van der Waals surface area contributed by atoms with Crippen LogP contribution in [-0.4, -0.2) is 9.79 Å². The minimum atomic E-state index is -5.53. The number of rotatable bonds is 2. The van der Waals surface area contributed by atoms with Crippen LogP contribution in [0.2, 0.25) is 0 Å². The van der Waals surface area contributed by atoms with Crippen molar-refractivity contribution in [3.05, 3.63) is 42.0 Å². The van der Waals surface area contributed by atoms with Gasteiger partial charge in [0.15, 0.2) is 0 Å². The Hall–Kier alpha value is -0.940. The Labute approximate surface area is 107 Å². The zero-order valence-electron chi connectivity index (χ0n) is 8.92. The summed E-state index contributed by atoms with van der Waals surface area (Å²) < 4.78 is 37.8. The monoisotopic (exact) mass is 290 g/mol. The molecule has 0 bridgehead atoms. The molecule has 96 valence electrons. The average Bonchev–Trinajstić information content (AvgIpc) is 2.26. The summed E-state index contributed by atoms with van der Waals surface area (Å²) in [5, 5.41) is 1.14. The zero-order valence-corrected chi connectivity index (χ0v) is 10.7. The largest absolute Gasteiger partial charge is 0.399 e. The lowest BCUT2D eigenvalue weighted by Crippen LogP contribution is -2.13. The van der Waals surface area contributed by atoms with Crippen molar-refractivity contribution in [1.82, 2.24) is 0 Å². The van der Waals surface area contributed by atoms with Crippen LogP contribution in [0.1, 0.15) is 5.56 Å². The Bertz CT molecular complexity index is 654. The second-order valence-corrected chi connectivity index (χ2v) is 6.00. The van der Waals surface area contributed by atoms with E-state index in [9.17, 15) is 13.3 Å². The Morgan fingerprint density at radius 3 is 2.28 bits per heavy atom. The predicted octanol–water partition coefficient (Wildman–Crippen LogP) is 3.36. The van der Waals surface area contributed by atoms with Gasteiger partial charge < -0.3 is 9.79 Å². The quantitative estimate of drug-likeness (QED) is 0.587. The average molecular weight is 290 g/mol. The molecular weight excluding hydrogens is 281 g/mol. The molecule has 18 heavy (non-hydrogen) atoms. The molecule has 0 aromatic heterocycles. The van der Waals surface area contributed by atoms with Gasteiger partial charge in [0.05, 0.1) is 0 Å². The third kappa shape index (κ3) is 2.29. The van der Waals surface area contributed by atoms with Gasteiger partial charge in [-0.2, -0.15) is 8.78 Å².